The maximum absolute atomic E-state index is 12.3. The van der Waals surface area contributed by atoms with E-state index < -0.39 is 18.1 Å². The van der Waals surface area contributed by atoms with Crippen molar-refractivity contribution in [3.05, 3.63) is 16.9 Å². The zero-order valence-corrected chi connectivity index (χ0v) is 9.52. The van der Waals surface area contributed by atoms with Gasteiger partial charge in [0, 0.05) is 19.0 Å². The Kier molecular flexibility index (Phi) is 4.53. The second kappa shape index (κ2) is 5.71. The Hall–Kier alpha value is -1.78. The van der Waals surface area contributed by atoms with Gasteiger partial charge in [0.05, 0.1) is 0 Å². The van der Waals surface area contributed by atoms with Crippen molar-refractivity contribution in [2.24, 2.45) is 0 Å². The van der Waals surface area contributed by atoms with Crippen LogP contribution in [0, 0.1) is 5.39 Å². The normalized spacial score (nSPS) is 20.9. The van der Waals surface area contributed by atoms with E-state index in [-0.39, 0.29) is 25.1 Å². The molecule has 1 saturated heterocycles. The molecule has 0 bridgehead atoms. The molecule has 1 amide bonds. The number of carbonyl (C=O) groups is 1. The standard InChI is InChI=1S/C10H12F3N3O2/c11-10(12,13)9(18)16-5-1-2-7(16)3-4-8(17)6-15-14/h6-7H,1-5H2/p+1/b8-6-/t7-/m0/s1. The molecule has 1 aliphatic heterocycles. The van der Waals surface area contributed by atoms with Crippen LogP contribution in [0.2, 0.25) is 0 Å². The van der Waals surface area contributed by atoms with E-state index in [0.717, 1.165) is 11.1 Å². The number of aliphatic hydroxyl groups excluding tert-OH is 1. The van der Waals surface area contributed by atoms with Crippen LogP contribution in [0.1, 0.15) is 25.7 Å². The zero-order chi connectivity index (χ0) is 13.8. The third kappa shape index (κ3) is 3.61. The lowest BCUT2D eigenvalue weighted by Gasteiger charge is -2.25. The minimum atomic E-state index is -4.86. The minimum absolute atomic E-state index is 0.0658. The molecule has 0 aliphatic carbocycles. The van der Waals surface area contributed by atoms with Crippen molar-refractivity contribution in [1.82, 2.24) is 4.90 Å². The minimum Gasteiger partial charge on any atom is -0.505 e. The molecular formula is C10H13F3N3O2+. The Morgan fingerprint density at radius 3 is 2.78 bits per heavy atom. The van der Waals surface area contributed by atoms with Crippen molar-refractivity contribution in [2.75, 3.05) is 6.54 Å². The summed E-state index contributed by atoms with van der Waals surface area (Å²) in [7, 11) is 0. The molecule has 1 heterocycles. The van der Waals surface area contributed by atoms with E-state index in [9.17, 15) is 23.1 Å². The molecule has 1 fully saturated rings. The van der Waals surface area contributed by atoms with E-state index in [0.29, 0.717) is 12.8 Å². The fourth-order valence-corrected chi connectivity index (χ4v) is 2.01. The molecule has 0 saturated carbocycles. The maximum atomic E-state index is 12.3. The summed E-state index contributed by atoms with van der Waals surface area (Å²) in [5.74, 6) is -2.07. The molecule has 18 heavy (non-hydrogen) atoms. The van der Waals surface area contributed by atoms with Crippen molar-refractivity contribution in [3.8, 4) is 0 Å². The smallest absolute Gasteiger partial charge is 0.471 e. The van der Waals surface area contributed by atoms with E-state index in [2.05, 4.69) is 4.98 Å². The first-order chi connectivity index (χ1) is 8.36. The maximum Gasteiger partial charge on any atom is 0.471 e. The summed E-state index contributed by atoms with van der Waals surface area (Å²) >= 11 is 0. The third-order valence-electron chi connectivity index (χ3n) is 2.82. The first kappa shape index (κ1) is 14.3. The number of halogens is 3. The highest BCUT2D eigenvalue weighted by Crippen LogP contribution is 2.28. The van der Waals surface area contributed by atoms with E-state index in [1.807, 2.05) is 0 Å². The molecule has 1 aliphatic rings. The van der Waals surface area contributed by atoms with Crippen molar-refractivity contribution < 1.29 is 23.1 Å². The van der Waals surface area contributed by atoms with Crippen molar-refractivity contribution >= 4 is 5.91 Å². The number of carbonyl (C=O) groups excluding carboxylic acids is 1. The fraction of sp³-hybridized carbons (Fsp3) is 0.700. The number of hydrogen-bond acceptors (Lipinski definition) is 3. The summed E-state index contributed by atoms with van der Waals surface area (Å²) < 4.78 is 36.9. The number of amides is 1. The highest BCUT2D eigenvalue weighted by atomic mass is 19.4. The van der Waals surface area contributed by atoms with Gasteiger partial charge in [0.25, 0.3) is 0 Å². The molecule has 100 valence electrons. The van der Waals surface area contributed by atoms with E-state index in [1.165, 1.54) is 0 Å². The van der Waals surface area contributed by atoms with Gasteiger partial charge >= 0.3 is 18.3 Å². The summed E-state index contributed by atoms with van der Waals surface area (Å²) in [5.41, 5.74) is 0. The predicted molar refractivity (Wildman–Crippen MR) is 55.8 cm³/mol. The Bertz CT molecular complexity index is 387. The average molecular weight is 264 g/mol. The van der Waals surface area contributed by atoms with Gasteiger partial charge in [-0.1, -0.05) is 0 Å². The second-order valence-corrected chi connectivity index (χ2v) is 4.07. The van der Waals surface area contributed by atoms with Gasteiger partial charge in [0.2, 0.25) is 5.39 Å². The van der Waals surface area contributed by atoms with E-state index in [1.54, 1.807) is 0 Å². The number of hydrogen-bond donors (Lipinski definition) is 1. The summed E-state index contributed by atoms with van der Waals surface area (Å²) in [6, 6.07) is -0.534. The fourth-order valence-electron chi connectivity index (χ4n) is 2.01. The van der Waals surface area contributed by atoms with Gasteiger partial charge in [-0.25, -0.2) is 0 Å². The summed E-state index contributed by atoms with van der Waals surface area (Å²) in [5, 5.41) is 17.3. The first-order valence-corrected chi connectivity index (χ1v) is 5.46. The molecule has 0 aromatic carbocycles. The highest BCUT2D eigenvalue weighted by Gasteiger charge is 2.45. The van der Waals surface area contributed by atoms with Gasteiger partial charge < -0.3 is 10.0 Å². The van der Waals surface area contributed by atoms with Crippen LogP contribution in [0.25, 0.3) is 4.98 Å². The van der Waals surface area contributed by atoms with Crippen LogP contribution in [-0.2, 0) is 4.79 Å². The van der Waals surface area contributed by atoms with Crippen molar-refractivity contribution in [1.29, 1.82) is 5.39 Å². The third-order valence-corrected chi connectivity index (χ3v) is 2.82. The molecule has 5 nitrogen and oxygen atoms in total. The Labute approximate surface area is 102 Å². The van der Waals surface area contributed by atoms with Crippen LogP contribution in [0.15, 0.2) is 12.0 Å². The van der Waals surface area contributed by atoms with Gasteiger partial charge in [-0.3, -0.25) is 4.79 Å². The van der Waals surface area contributed by atoms with Gasteiger partial charge in [0.15, 0.2) is 10.7 Å². The molecule has 0 unspecified atom stereocenters. The molecule has 0 radical (unpaired) electrons. The number of rotatable bonds is 3. The second-order valence-electron chi connectivity index (χ2n) is 4.07. The Morgan fingerprint density at radius 2 is 2.22 bits per heavy atom. The molecule has 0 spiro atoms. The molecule has 1 rings (SSSR count). The van der Waals surface area contributed by atoms with Crippen molar-refractivity contribution in [2.45, 2.75) is 37.9 Å². The molecule has 8 heteroatoms. The van der Waals surface area contributed by atoms with Crippen LogP contribution in [0.3, 0.4) is 0 Å². The molecular weight excluding hydrogens is 251 g/mol. The number of nitrogens with zero attached hydrogens (tertiary/aromatic N) is 3. The van der Waals surface area contributed by atoms with Crippen molar-refractivity contribution in [3.63, 3.8) is 0 Å². The number of alkyl halides is 3. The predicted octanol–water partition coefficient (Wildman–Crippen LogP) is 2.57. The van der Waals surface area contributed by atoms with Gasteiger partial charge in [-0.2, -0.15) is 13.2 Å². The van der Waals surface area contributed by atoms with Crippen LogP contribution in [0.4, 0.5) is 13.2 Å². The number of allylic oxidation sites excluding steroid dienone is 1. The van der Waals surface area contributed by atoms with Gasteiger partial charge in [-0.15, -0.1) is 0 Å². The SMILES string of the molecule is N#[N+]/C=C(\O)CC[C@@H]1CCCN1C(=O)C(F)(F)F. The molecule has 1 N–H and O–H groups in total. The van der Waals surface area contributed by atoms with E-state index in [4.69, 9.17) is 5.39 Å². The summed E-state index contributed by atoms with van der Waals surface area (Å²) in [4.78, 5) is 14.5. The largest absolute Gasteiger partial charge is 0.505 e. The number of aliphatic hydroxyl groups is 1. The lowest BCUT2D eigenvalue weighted by atomic mass is 10.1. The summed E-state index contributed by atoms with van der Waals surface area (Å²) in [6.45, 7) is 0.0812. The molecule has 1 atom stereocenters. The monoisotopic (exact) mass is 264 g/mol. The van der Waals surface area contributed by atoms with Crippen LogP contribution in [0.5, 0.6) is 0 Å². The average Bonchev–Trinajstić information content (AvgIpc) is 2.72. The number of diazo groups is 1. The zero-order valence-electron chi connectivity index (χ0n) is 9.52. The Morgan fingerprint density at radius 1 is 1.56 bits per heavy atom. The van der Waals surface area contributed by atoms with Crippen LogP contribution in [-0.4, -0.2) is 34.7 Å². The van der Waals surface area contributed by atoms with Gasteiger partial charge in [0.1, 0.15) is 0 Å². The molecule has 0 aromatic rings. The van der Waals surface area contributed by atoms with E-state index >= 15 is 0 Å². The first-order valence-electron chi connectivity index (χ1n) is 5.46. The Balaban J connectivity index is 2.59. The topological polar surface area (TPSA) is 68.7 Å². The van der Waals surface area contributed by atoms with Crippen LogP contribution < -0.4 is 0 Å². The summed E-state index contributed by atoms with van der Waals surface area (Å²) in [6.07, 6.45) is -2.78. The molecule has 0 aromatic heterocycles. The quantitative estimate of drug-likeness (QED) is 0.629. The highest BCUT2D eigenvalue weighted by molar-refractivity contribution is 5.82. The lowest BCUT2D eigenvalue weighted by Crippen LogP contribution is -2.43. The lowest BCUT2D eigenvalue weighted by molar-refractivity contribution is -0.186. The van der Waals surface area contributed by atoms with Crippen LogP contribution >= 0.6 is 0 Å². The van der Waals surface area contributed by atoms with Gasteiger partial charge in [-0.05, 0) is 19.3 Å². The number of likely N-dealkylation sites (tertiary alicyclic amines) is 1.